The second-order valence-electron chi connectivity index (χ2n) is 7.40. The lowest BCUT2D eigenvalue weighted by molar-refractivity contribution is -0.121. The van der Waals surface area contributed by atoms with Crippen LogP contribution in [0.5, 0.6) is 0 Å². The van der Waals surface area contributed by atoms with Gasteiger partial charge in [-0.2, -0.15) is 11.8 Å². The highest BCUT2D eigenvalue weighted by atomic mass is 32.2. The van der Waals surface area contributed by atoms with Crippen molar-refractivity contribution in [1.29, 1.82) is 0 Å². The first kappa shape index (κ1) is 24.2. The molecule has 0 radical (unpaired) electrons. The fourth-order valence-electron chi connectivity index (χ4n) is 2.70. The molecule has 1 amide bonds. The Hall–Kier alpha value is -1.88. The van der Waals surface area contributed by atoms with Crippen molar-refractivity contribution in [2.45, 2.75) is 65.3 Å². The molecular formula is C23H37N3OS. The standard InChI is InChI=1S/C23H37N3OS/c1-6-7-14-23(27)24-22-17-28-16-15-21(26-25-20(22)5)13-9-12-19(4)11-8-10-18(2)3/h6,10,12,15,22,25-26H,1,5,7-9,11,13-14,16-17H2,2-4H3,(H,24,27)/b19-12+,21-15-. The smallest absolute Gasteiger partial charge is 0.220 e. The highest BCUT2D eigenvalue weighted by Crippen LogP contribution is 2.14. The Kier molecular flexibility index (Phi) is 12.2. The molecule has 0 fully saturated rings. The Balaban J connectivity index is 2.45. The molecule has 1 heterocycles. The third-order valence-electron chi connectivity index (χ3n) is 4.44. The molecule has 0 saturated heterocycles. The van der Waals surface area contributed by atoms with Crippen LogP contribution in [0.4, 0.5) is 0 Å². The number of hydrazine groups is 1. The molecule has 0 bridgehead atoms. The third kappa shape index (κ3) is 11.1. The second kappa shape index (κ2) is 14.2. The molecule has 1 atom stereocenters. The van der Waals surface area contributed by atoms with Gasteiger partial charge in [0.2, 0.25) is 5.91 Å². The van der Waals surface area contributed by atoms with Gasteiger partial charge in [-0.25, -0.2) is 0 Å². The first-order chi connectivity index (χ1) is 13.4. The molecular weight excluding hydrogens is 366 g/mol. The molecule has 0 aromatic rings. The van der Waals surface area contributed by atoms with Crippen LogP contribution in [0.25, 0.3) is 0 Å². The van der Waals surface area contributed by atoms with Gasteiger partial charge in [0.05, 0.1) is 6.04 Å². The van der Waals surface area contributed by atoms with E-state index < -0.39 is 0 Å². The van der Waals surface area contributed by atoms with Crippen molar-refractivity contribution in [2.24, 2.45) is 0 Å². The molecule has 28 heavy (non-hydrogen) atoms. The van der Waals surface area contributed by atoms with E-state index in [1.807, 2.05) is 0 Å². The van der Waals surface area contributed by atoms with Crippen molar-refractivity contribution in [3.8, 4) is 0 Å². The normalized spacial score (nSPS) is 19.7. The van der Waals surface area contributed by atoms with Crippen LogP contribution in [0, 0.1) is 0 Å². The minimum Gasteiger partial charge on any atom is -0.347 e. The van der Waals surface area contributed by atoms with E-state index in [1.54, 1.807) is 17.8 Å². The van der Waals surface area contributed by atoms with Gasteiger partial charge in [0, 0.05) is 29.3 Å². The molecule has 0 aliphatic carbocycles. The summed E-state index contributed by atoms with van der Waals surface area (Å²) in [5.74, 6) is 1.76. The van der Waals surface area contributed by atoms with E-state index in [-0.39, 0.29) is 11.9 Å². The highest BCUT2D eigenvalue weighted by Gasteiger charge is 2.16. The number of nitrogens with one attached hydrogen (secondary N) is 3. The SMILES string of the molecule is C=CCCC(=O)NC1CSC/C=C(/CC/C=C(\C)CCC=C(C)C)NNC1=C. The predicted molar refractivity (Wildman–Crippen MR) is 124 cm³/mol. The minimum absolute atomic E-state index is 0.0367. The largest absolute Gasteiger partial charge is 0.347 e. The number of carbonyl (C=O) groups excluding carboxylic acids is 1. The fraction of sp³-hybridized carbons (Fsp3) is 0.522. The van der Waals surface area contributed by atoms with Gasteiger partial charge in [0.1, 0.15) is 0 Å². The maximum atomic E-state index is 12.0. The Labute approximate surface area is 175 Å². The van der Waals surface area contributed by atoms with Gasteiger partial charge in [-0.1, -0.05) is 42.0 Å². The molecule has 4 nitrogen and oxygen atoms in total. The molecule has 0 aromatic carbocycles. The summed E-state index contributed by atoms with van der Waals surface area (Å²) in [5, 5.41) is 3.05. The lowest BCUT2D eigenvalue weighted by atomic mass is 10.1. The number of rotatable bonds is 10. The molecule has 156 valence electrons. The molecule has 0 aromatic heterocycles. The first-order valence-corrected chi connectivity index (χ1v) is 11.2. The monoisotopic (exact) mass is 403 g/mol. The van der Waals surface area contributed by atoms with Crippen molar-refractivity contribution in [1.82, 2.24) is 16.2 Å². The van der Waals surface area contributed by atoms with Crippen LogP contribution in [-0.4, -0.2) is 23.5 Å². The summed E-state index contributed by atoms with van der Waals surface area (Å²) in [5.41, 5.74) is 11.2. The Morgan fingerprint density at radius 1 is 1.21 bits per heavy atom. The van der Waals surface area contributed by atoms with Crippen molar-refractivity contribution >= 4 is 17.7 Å². The van der Waals surface area contributed by atoms with Crippen LogP contribution in [0.15, 0.2) is 60.0 Å². The summed E-state index contributed by atoms with van der Waals surface area (Å²) in [4.78, 5) is 12.0. The van der Waals surface area contributed by atoms with Crippen molar-refractivity contribution in [3.63, 3.8) is 0 Å². The van der Waals surface area contributed by atoms with E-state index >= 15 is 0 Å². The number of allylic oxidation sites excluding steroid dienone is 6. The number of hydrogen-bond acceptors (Lipinski definition) is 4. The molecule has 1 aliphatic rings. The summed E-state index contributed by atoms with van der Waals surface area (Å²) in [6, 6.07) is -0.0835. The van der Waals surface area contributed by atoms with E-state index in [0.717, 1.165) is 42.9 Å². The summed E-state index contributed by atoms with van der Waals surface area (Å²) in [6.07, 6.45) is 14.0. The average Bonchev–Trinajstić information content (AvgIpc) is 2.72. The van der Waals surface area contributed by atoms with Gasteiger partial charge in [-0.3, -0.25) is 4.79 Å². The lowest BCUT2D eigenvalue weighted by Crippen LogP contribution is -2.44. The van der Waals surface area contributed by atoms with Gasteiger partial charge in [0.25, 0.3) is 0 Å². The molecule has 1 unspecified atom stereocenters. The van der Waals surface area contributed by atoms with Crippen LogP contribution in [-0.2, 0) is 4.79 Å². The number of amides is 1. The lowest BCUT2D eigenvalue weighted by Gasteiger charge is -2.22. The number of carbonyl (C=O) groups is 1. The topological polar surface area (TPSA) is 53.2 Å². The molecule has 5 heteroatoms. The zero-order chi connectivity index (χ0) is 20.8. The van der Waals surface area contributed by atoms with Crippen molar-refractivity contribution in [2.75, 3.05) is 11.5 Å². The van der Waals surface area contributed by atoms with Crippen LogP contribution in [0.3, 0.4) is 0 Å². The zero-order valence-corrected chi connectivity index (χ0v) is 18.6. The van der Waals surface area contributed by atoms with Crippen LogP contribution >= 0.6 is 11.8 Å². The number of thioether (sulfide) groups is 1. The van der Waals surface area contributed by atoms with Gasteiger partial charge < -0.3 is 16.2 Å². The van der Waals surface area contributed by atoms with Gasteiger partial charge in [0.15, 0.2) is 0 Å². The van der Waals surface area contributed by atoms with E-state index in [2.05, 4.69) is 68.3 Å². The third-order valence-corrected chi connectivity index (χ3v) is 5.42. The summed E-state index contributed by atoms with van der Waals surface area (Å²) in [7, 11) is 0. The molecule has 0 spiro atoms. The zero-order valence-electron chi connectivity index (χ0n) is 17.8. The maximum absolute atomic E-state index is 12.0. The molecule has 1 aliphatic heterocycles. The van der Waals surface area contributed by atoms with Crippen LogP contribution in [0.1, 0.15) is 59.3 Å². The fourth-order valence-corrected chi connectivity index (χ4v) is 3.68. The average molecular weight is 404 g/mol. The number of hydrogen-bond donors (Lipinski definition) is 3. The van der Waals surface area contributed by atoms with Crippen LogP contribution in [0.2, 0.25) is 0 Å². The Morgan fingerprint density at radius 2 is 2.00 bits per heavy atom. The summed E-state index contributed by atoms with van der Waals surface area (Å²) < 4.78 is 0. The highest BCUT2D eigenvalue weighted by molar-refractivity contribution is 7.99. The maximum Gasteiger partial charge on any atom is 0.220 e. The van der Waals surface area contributed by atoms with Gasteiger partial charge in [-0.05, 0) is 52.9 Å². The predicted octanol–water partition coefficient (Wildman–Crippen LogP) is 5.15. The quantitative estimate of drug-likeness (QED) is 0.442. The molecule has 0 saturated carbocycles. The first-order valence-electron chi connectivity index (χ1n) is 10.1. The Bertz CT molecular complexity index is 615. The van der Waals surface area contributed by atoms with Crippen molar-refractivity contribution < 1.29 is 4.79 Å². The van der Waals surface area contributed by atoms with E-state index in [1.165, 1.54) is 16.8 Å². The second-order valence-corrected chi connectivity index (χ2v) is 8.47. The Morgan fingerprint density at radius 3 is 2.71 bits per heavy atom. The molecule has 1 rings (SSSR count). The van der Waals surface area contributed by atoms with Crippen molar-refractivity contribution in [3.05, 3.63) is 60.0 Å². The summed E-state index contributed by atoms with van der Waals surface area (Å²) >= 11 is 1.80. The van der Waals surface area contributed by atoms with E-state index in [9.17, 15) is 4.79 Å². The minimum atomic E-state index is -0.0835. The van der Waals surface area contributed by atoms with Crippen LogP contribution < -0.4 is 16.2 Å². The summed E-state index contributed by atoms with van der Waals surface area (Å²) in [6.45, 7) is 14.3. The van der Waals surface area contributed by atoms with Gasteiger partial charge >= 0.3 is 0 Å². The van der Waals surface area contributed by atoms with E-state index in [0.29, 0.717) is 12.8 Å². The van der Waals surface area contributed by atoms with E-state index in [4.69, 9.17) is 0 Å². The van der Waals surface area contributed by atoms with Gasteiger partial charge in [-0.15, -0.1) is 6.58 Å². The molecule has 3 N–H and O–H groups in total.